The topological polar surface area (TPSA) is 67.9 Å². The number of hydrogen-bond donors (Lipinski definition) is 1. The van der Waals surface area contributed by atoms with E-state index in [1.54, 1.807) is 19.1 Å². The van der Waals surface area contributed by atoms with Crippen LogP contribution in [0.3, 0.4) is 0 Å². The monoisotopic (exact) mass is 424 g/mol. The number of nitrogens with zero attached hydrogens (tertiary/aromatic N) is 1. The normalized spacial score (nSPS) is 18.2. The lowest BCUT2D eigenvalue weighted by molar-refractivity contribution is -0.125. The smallest absolute Gasteiger partial charge is 0.253 e. The van der Waals surface area contributed by atoms with Crippen molar-refractivity contribution in [2.75, 3.05) is 33.9 Å². The third kappa shape index (κ3) is 5.01. The van der Waals surface area contributed by atoms with E-state index in [0.29, 0.717) is 42.6 Å². The quantitative estimate of drug-likeness (QED) is 0.737. The van der Waals surface area contributed by atoms with Crippen molar-refractivity contribution in [1.29, 1.82) is 0 Å². The Morgan fingerprint density at radius 3 is 2.39 bits per heavy atom. The second kappa shape index (κ2) is 9.86. The zero-order valence-electron chi connectivity index (χ0n) is 19.0. The van der Waals surface area contributed by atoms with Crippen LogP contribution < -0.4 is 14.8 Å². The number of likely N-dealkylation sites (tertiary alicyclic amines) is 1. The van der Waals surface area contributed by atoms with Crippen molar-refractivity contribution in [2.45, 2.75) is 26.7 Å². The van der Waals surface area contributed by atoms with Crippen molar-refractivity contribution in [3.05, 3.63) is 59.2 Å². The maximum absolute atomic E-state index is 13.2. The van der Waals surface area contributed by atoms with Gasteiger partial charge in [0.2, 0.25) is 5.91 Å². The van der Waals surface area contributed by atoms with Gasteiger partial charge in [-0.15, -0.1) is 0 Å². The van der Waals surface area contributed by atoms with E-state index in [9.17, 15) is 9.59 Å². The van der Waals surface area contributed by atoms with Crippen molar-refractivity contribution in [3.8, 4) is 11.5 Å². The molecule has 1 saturated heterocycles. The van der Waals surface area contributed by atoms with Gasteiger partial charge >= 0.3 is 0 Å². The van der Waals surface area contributed by atoms with Gasteiger partial charge < -0.3 is 19.7 Å². The Hall–Kier alpha value is -3.02. The largest absolute Gasteiger partial charge is 0.493 e. The average Bonchev–Trinajstić information content (AvgIpc) is 3.22. The van der Waals surface area contributed by atoms with Gasteiger partial charge in [0.15, 0.2) is 11.5 Å². The lowest BCUT2D eigenvalue weighted by atomic mass is 9.87. The van der Waals surface area contributed by atoms with Crippen molar-refractivity contribution < 1.29 is 19.1 Å². The summed E-state index contributed by atoms with van der Waals surface area (Å²) in [5.41, 5.74) is 2.61. The summed E-state index contributed by atoms with van der Waals surface area (Å²) >= 11 is 0. The Balaban J connectivity index is 1.93. The molecular weight excluding hydrogens is 392 g/mol. The fourth-order valence-corrected chi connectivity index (χ4v) is 4.07. The summed E-state index contributed by atoms with van der Waals surface area (Å²) in [5.74, 6) is 0.918. The number of hydrogen-bond acceptors (Lipinski definition) is 4. The predicted octanol–water partition coefficient (Wildman–Crippen LogP) is 3.64. The van der Waals surface area contributed by atoms with Crippen LogP contribution in [-0.4, -0.2) is 50.6 Å². The Kier molecular flexibility index (Phi) is 7.21. The molecular formula is C25H32N2O4. The number of methoxy groups -OCH3 is 2. The lowest BCUT2D eigenvalue weighted by Crippen LogP contribution is -2.37. The molecule has 1 aliphatic rings. The number of nitrogens with one attached hydrogen (secondary N) is 1. The third-order valence-corrected chi connectivity index (χ3v) is 5.76. The molecule has 2 aromatic carbocycles. The van der Waals surface area contributed by atoms with Crippen LogP contribution in [0, 0.1) is 18.8 Å². The number of carbonyl (C=O) groups is 2. The summed E-state index contributed by atoms with van der Waals surface area (Å²) < 4.78 is 11.1. The molecule has 2 aromatic rings. The van der Waals surface area contributed by atoms with Gasteiger partial charge in [0.1, 0.15) is 0 Å². The minimum absolute atomic E-state index is 0.0391. The minimum atomic E-state index is -0.367. The van der Waals surface area contributed by atoms with Crippen molar-refractivity contribution in [3.63, 3.8) is 0 Å². The maximum Gasteiger partial charge on any atom is 0.253 e. The molecule has 1 N–H and O–H groups in total. The standard InChI is InChI=1S/C25H32N2O4/c1-16(2)13-26-24(28)21-15-27(25(29)18-11-9-17(3)10-12-18)14-20(21)19-7-6-8-22(30-4)23(19)31-5/h6-12,16,20-21H,13-15H2,1-5H3,(H,26,28)/t20-,21+/m0/s1. The van der Waals surface area contributed by atoms with Crippen LogP contribution in [0.1, 0.15) is 41.3 Å². The molecule has 6 heteroatoms. The van der Waals surface area contributed by atoms with E-state index in [1.165, 1.54) is 0 Å². The van der Waals surface area contributed by atoms with Crippen molar-refractivity contribution in [1.82, 2.24) is 10.2 Å². The summed E-state index contributed by atoms with van der Waals surface area (Å²) in [4.78, 5) is 28.1. The Morgan fingerprint density at radius 1 is 1.06 bits per heavy atom. The molecule has 2 atom stereocenters. The number of amides is 2. The first-order valence-electron chi connectivity index (χ1n) is 10.7. The molecule has 0 saturated carbocycles. The zero-order chi connectivity index (χ0) is 22.5. The summed E-state index contributed by atoms with van der Waals surface area (Å²) in [7, 11) is 3.19. The van der Waals surface area contributed by atoms with Gasteiger partial charge in [0.05, 0.1) is 20.1 Å². The van der Waals surface area contributed by atoms with Gasteiger partial charge in [-0.1, -0.05) is 43.7 Å². The first-order chi connectivity index (χ1) is 14.8. The van der Waals surface area contributed by atoms with Gasteiger partial charge in [-0.2, -0.15) is 0 Å². The first kappa shape index (κ1) is 22.7. The van der Waals surface area contributed by atoms with Crippen LogP contribution in [0.25, 0.3) is 0 Å². The van der Waals surface area contributed by atoms with E-state index in [2.05, 4.69) is 19.2 Å². The molecule has 1 aliphatic heterocycles. The van der Waals surface area contributed by atoms with Crippen LogP contribution in [0.15, 0.2) is 42.5 Å². The predicted molar refractivity (Wildman–Crippen MR) is 121 cm³/mol. The van der Waals surface area contributed by atoms with Gasteiger partial charge in [-0.3, -0.25) is 9.59 Å². The molecule has 0 aliphatic carbocycles. The maximum atomic E-state index is 13.2. The SMILES string of the molecule is COc1cccc([C@@H]2CN(C(=O)c3ccc(C)cc3)C[C@H]2C(=O)NCC(C)C)c1OC. The molecule has 0 unspecified atom stereocenters. The van der Waals surface area contributed by atoms with Crippen LogP contribution in [-0.2, 0) is 4.79 Å². The summed E-state index contributed by atoms with van der Waals surface area (Å²) in [6.07, 6.45) is 0. The molecule has 31 heavy (non-hydrogen) atoms. The van der Waals surface area contributed by atoms with E-state index in [1.807, 2.05) is 49.4 Å². The van der Waals surface area contributed by atoms with E-state index < -0.39 is 0 Å². The molecule has 0 aromatic heterocycles. The molecule has 1 heterocycles. The fourth-order valence-electron chi connectivity index (χ4n) is 4.07. The molecule has 2 amide bonds. The minimum Gasteiger partial charge on any atom is -0.493 e. The van der Waals surface area contributed by atoms with Gasteiger partial charge in [-0.25, -0.2) is 0 Å². The second-order valence-electron chi connectivity index (χ2n) is 8.51. The third-order valence-electron chi connectivity index (χ3n) is 5.76. The van der Waals surface area contributed by atoms with Crippen LogP contribution >= 0.6 is 0 Å². The molecule has 3 rings (SSSR count). The molecule has 0 spiro atoms. The Labute approximate surface area is 184 Å². The molecule has 0 bridgehead atoms. The van der Waals surface area contributed by atoms with Crippen LogP contribution in [0.2, 0.25) is 0 Å². The number of para-hydroxylation sites is 1. The number of aryl methyl sites for hydroxylation is 1. The van der Waals surface area contributed by atoms with E-state index in [-0.39, 0.29) is 23.7 Å². The zero-order valence-corrected chi connectivity index (χ0v) is 19.0. The Morgan fingerprint density at radius 2 is 1.77 bits per heavy atom. The number of benzene rings is 2. The number of ether oxygens (including phenoxy) is 2. The lowest BCUT2D eigenvalue weighted by Gasteiger charge is -2.22. The Bertz CT molecular complexity index is 924. The first-order valence-corrected chi connectivity index (χ1v) is 10.7. The average molecular weight is 425 g/mol. The molecule has 6 nitrogen and oxygen atoms in total. The van der Waals surface area contributed by atoms with Crippen LogP contribution in [0.5, 0.6) is 11.5 Å². The highest BCUT2D eigenvalue weighted by Gasteiger charge is 2.42. The highest BCUT2D eigenvalue weighted by atomic mass is 16.5. The van der Waals surface area contributed by atoms with E-state index in [0.717, 1.165) is 11.1 Å². The second-order valence-corrected chi connectivity index (χ2v) is 8.51. The van der Waals surface area contributed by atoms with Gasteiger partial charge in [-0.05, 0) is 31.0 Å². The van der Waals surface area contributed by atoms with E-state index >= 15 is 0 Å². The molecule has 1 fully saturated rings. The van der Waals surface area contributed by atoms with E-state index in [4.69, 9.17) is 9.47 Å². The summed E-state index contributed by atoms with van der Waals surface area (Å²) in [6, 6.07) is 13.2. The number of carbonyl (C=O) groups excluding carboxylic acids is 2. The van der Waals surface area contributed by atoms with Crippen molar-refractivity contribution >= 4 is 11.8 Å². The highest BCUT2D eigenvalue weighted by molar-refractivity contribution is 5.95. The van der Waals surface area contributed by atoms with Crippen molar-refractivity contribution in [2.24, 2.45) is 11.8 Å². The molecule has 166 valence electrons. The number of rotatable bonds is 7. The fraction of sp³-hybridized carbons (Fsp3) is 0.440. The summed E-state index contributed by atoms with van der Waals surface area (Å²) in [6.45, 7) is 7.51. The summed E-state index contributed by atoms with van der Waals surface area (Å²) in [5, 5.41) is 3.05. The van der Waals surface area contributed by atoms with Crippen LogP contribution in [0.4, 0.5) is 0 Å². The highest BCUT2D eigenvalue weighted by Crippen LogP contribution is 2.42. The molecule has 0 radical (unpaired) electrons. The van der Waals surface area contributed by atoms with Gasteiger partial charge in [0.25, 0.3) is 5.91 Å². The van der Waals surface area contributed by atoms with Gasteiger partial charge in [0, 0.05) is 36.7 Å².